The van der Waals surface area contributed by atoms with Crippen molar-refractivity contribution in [3.63, 3.8) is 0 Å². The molecule has 0 bridgehead atoms. The fraction of sp³-hybridized carbons (Fsp3) is 0.455. The number of benzene rings is 2. The van der Waals surface area contributed by atoms with Crippen LogP contribution in [-0.4, -0.2) is 51.9 Å². The normalized spacial score (nSPS) is 23.4. The maximum atomic E-state index is 14.9. The molecule has 11 nitrogen and oxygen atoms in total. The first-order chi connectivity index (χ1) is 21.8. The predicted molar refractivity (Wildman–Crippen MR) is 161 cm³/mol. The molecule has 1 saturated carbocycles. The van der Waals surface area contributed by atoms with E-state index in [-0.39, 0.29) is 36.4 Å². The Morgan fingerprint density at radius 1 is 1.20 bits per heavy atom. The van der Waals surface area contributed by atoms with Crippen molar-refractivity contribution in [2.45, 2.75) is 70.6 Å². The SMILES string of the molecule is CC(=O)C(C(=O)c1nn(C2CCCCO2)c2c1C[C@@H]1C(F)(F)[C@]1(C)C2)c1ccc(N(C)C(=O)OCc2ccccc2)cc1[N+](=O)[O-]. The Kier molecular flexibility index (Phi) is 7.99. The second kappa shape index (κ2) is 11.7. The molecule has 6 rings (SSSR count). The lowest BCUT2D eigenvalue weighted by molar-refractivity contribution is -0.385. The fourth-order valence-electron chi connectivity index (χ4n) is 6.83. The third kappa shape index (κ3) is 5.25. The van der Waals surface area contributed by atoms with Gasteiger partial charge in [-0.3, -0.25) is 24.6 Å². The molecule has 2 aromatic carbocycles. The number of amides is 1. The van der Waals surface area contributed by atoms with Crippen LogP contribution in [0, 0.1) is 21.4 Å². The number of halogens is 2. The standard InChI is InChI=1S/C33H34F2N4O7/c1-19(40)28(22-13-12-21(15-24(22)39(43)44)37(3)31(42)46-18-20-9-5-4-6-10-20)30(41)29-23-16-26-32(2,33(26,34)35)17-25(23)38(36-29)27-11-7-8-14-45-27/h4-6,9-10,12-13,15,26-28H,7-8,11,14,16-18H2,1-3H3/t26-,27?,28?,32+/m0/s1. The number of carbonyl (C=O) groups is 3. The first-order valence-electron chi connectivity index (χ1n) is 15.2. The summed E-state index contributed by atoms with van der Waals surface area (Å²) in [7, 11) is 1.38. The number of hydrogen-bond acceptors (Lipinski definition) is 8. The molecule has 0 radical (unpaired) electrons. The Hall–Kier alpha value is -4.52. The number of aromatic nitrogens is 2. The topological polar surface area (TPSA) is 134 Å². The summed E-state index contributed by atoms with van der Waals surface area (Å²) < 4.78 is 42.6. The average molecular weight is 637 g/mol. The summed E-state index contributed by atoms with van der Waals surface area (Å²) in [4.78, 5) is 52.7. The average Bonchev–Trinajstić information content (AvgIpc) is 3.28. The molecule has 4 atom stereocenters. The summed E-state index contributed by atoms with van der Waals surface area (Å²) in [6.45, 7) is 3.12. The maximum absolute atomic E-state index is 14.9. The van der Waals surface area contributed by atoms with Crippen LogP contribution < -0.4 is 4.90 Å². The number of fused-ring (bicyclic) bond motifs is 2. The molecular weight excluding hydrogens is 602 g/mol. The van der Waals surface area contributed by atoms with Crippen molar-refractivity contribution in [2.75, 3.05) is 18.6 Å². The molecule has 1 aliphatic heterocycles. The largest absolute Gasteiger partial charge is 0.444 e. The number of Topliss-reactive ketones (excluding diaryl/α,β-unsaturated/α-hetero) is 2. The zero-order chi connectivity index (χ0) is 33.0. The van der Waals surface area contributed by atoms with E-state index in [1.165, 1.54) is 30.8 Å². The molecule has 3 aromatic rings. The number of nitrogens with zero attached hydrogens (tertiary/aromatic N) is 4. The Labute approximate surface area is 263 Å². The van der Waals surface area contributed by atoms with E-state index >= 15 is 0 Å². The van der Waals surface area contributed by atoms with E-state index in [0.29, 0.717) is 24.3 Å². The molecule has 1 amide bonds. The van der Waals surface area contributed by atoms with Crippen LogP contribution in [0.5, 0.6) is 0 Å². The highest BCUT2D eigenvalue weighted by atomic mass is 19.3. The van der Waals surface area contributed by atoms with Crippen LogP contribution in [0.1, 0.15) is 78.1 Å². The van der Waals surface area contributed by atoms with Crippen molar-refractivity contribution in [3.8, 4) is 0 Å². The number of anilines is 1. The molecule has 242 valence electrons. The Morgan fingerprint density at radius 3 is 2.59 bits per heavy atom. The van der Waals surface area contributed by atoms with E-state index in [9.17, 15) is 33.3 Å². The van der Waals surface area contributed by atoms with E-state index in [1.54, 1.807) is 24.3 Å². The maximum Gasteiger partial charge on any atom is 0.414 e. The quantitative estimate of drug-likeness (QED) is 0.118. The molecule has 3 aliphatic rings. The van der Waals surface area contributed by atoms with Crippen molar-refractivity contribution in [2.24, 2.45) is 11.3 Å². The number of carbonyl (C=O) groups excluding carboxylic acids is 3. The molecule has 46 heavy (non-hydrogen) atoms. The van der Waals surface area contributed by atoms with Gasteiger partial charge in [-0.15, -0.1) is 0 Å². The van der Waals surface area contributed by atoms with Gasteiger partial charge in [0.25, 0.3) is 11.6 Å². The van der Waals surface area contributed by atoms with Crippen molar-refractivity contribution in [3.05, 3.63) is 86.7 Å². The second-order valence-corrected chi connectivity index (χ2v) is 12.5. The first kappa shape index (κ1) is 31.5. The summed E-state index contributed by atoms with van der Waals surface area (Å²) in [6, 6.07) is 12.7. The Morgan fingerprint density at radius 2 is 1.93 bits per heavy atom. The van der Waals surface area contributed by atoms with Crippen molar-refractivity contribution >= 4 is 29.0 Å². The second-order valence-electron chi connectivity index (χ2n) is 12.5. The predicted octanol–water partition coefficient (Wildman–Crippen LogP) is 6.19. The van der Waals surface area contributed by atoms with Gasteiger partial charge in [0.15, 0.2) is 5.78 Å². The highest BCUT2D eigenvalue weighted by molar-refractivity contribution is 6.15. The van der Waals surface area contributed by atoms with E-state index in [1.807, 2.05) is 6.07 Å². The summed E-state index contributed by atoms with van der Waals surface area (Å²) in [5, 5.41) is 16.9. The van der Waals surface area contributed by atoms with Gasteiger partial charge in [0.05, 0.1) is 10.6 Å². The number of alkyl halides is 2. The van der Waals surface area contributed by atoms with Gasteiger partial charge in [-0.25, -0.2) is 18.3 Å². The number of hydrogen-bond donors (Lipinski definition) is 0. The molecule has 2 unspecified atom stereocenters. The monoisotopic (exact) mass is 636 g/mol. The molecule has 2 heterocycles. The molecule has 1 aromatic heterocycles. The van der Waals surface area contributed by atoms with Crippen molar-refractivity contribution < 1.29 is 37.6 Å². The lowest BCUT2D eigenvalue weighted by atomic mass is 9.83. The highest BCUT2D eigenvalue weighted by Crippen LogP contribution is 2.70. The smallest absolute Gasteiger partial charge is 0.414 e. The van der Waals surface area contributed by atoms with Gasteiger partial charge in [-0.2, -0.15) is 5.10 Å². The van der Waals surface area contributed by atoms with Gasteiger partial charge in [-0.1, -0.05) is 37.3 Å². The minimum Gasteiger partial charge on any atom is -0.444 e. The van der Waals surface area contributed by atoms with Crippen LogP contribution in [0.2, 0.25) is 0 Å². The van der Waals surface area contributed by atoms with Crippen molar-refractivity contribution in [1.29, 1.82) is 0 Å². The zero-order valence-corrected chi connectivity index (χ0v) is 25.7. The molecule has 2 aliphatic carbocycles. The van der Waals surface area contributed by atoms with Gasteiger partial charge in [0, 0.05) is 54.3 Å². The molecule has 0 N–H and O–H groups in total. The van der Waals surface area contributed by atoms with E-state index in [0.717, 1.165) is 36.3 Å². The minimum absolute atomic E-state index is 0.00751. The zero-order valence-electron chi connectivity index (χ0n) is 25.7. The van der Waals surface area contributed by atoms with Gasteiger partial charge in [0.1, 0.15) is 30.2 Å². The number of ether oxygens (including phenoxy) is 2. The number of rotatable bonds is 9. The lowest BCUT2D eigenvalue weighted by Crippen LogP contribution is -2.27. The van der Waals surface area contributed by atoms with Gasteiger partial charge in [-0.05, 0) is 50.3 Å². The van der Waals surface area contributed by atoms with E-state index in [2.05, 4.69) is 5.10 Å². The third-order valence-corrected chi connectivity index (χ3v) is 9.66. The Balaban J connectivity index is 1.33. The summed E-state index contributed by atoms with van der Waals surface area (Å²) >= 11 is 0. The number of ketones is 2. The van der Waals surface area contributed by atoms with Crippen LogP contribution in [0.15, 0.2) is 48.5 Å². The summed E-state index contributed by atoms with van der Waals surface area (Å²) in [6.07, 6.45) is 0.842. The summed E-state index contributed by atoms with van der Waals surface area (Å²) in [5.74, 6) is -7.01. The third-order valence-electron chi connectivity index (χ3n) is 9.66. The highest BCUT2D eigenvalue weighted by Gasteiger charge is 2.78. The van der Waals surface area contributed by atoms with Crippen LogP contribution in [0.25, 0.3) is 0 Å². The molecule has 13 heteroatoms. The van der Waals surface area contributed by atoms with Gasteiger partial charge in [0.2, 0.25) is 0 Å². The minimum atomic E-state index is -2.92. The van der Waals surface area contributed by atoms with Crippen LogP contribution in [-0.2, 0) is 33.7 Å². The van der Waals surface area contributed by atoms with Crippen molar-refractivity contribution in [1.82, 2.24) is 9.78 Å². The molecule has 2 fully saturated rings. The fourth-order valence-corrected chi connectivity index (χ4v) is 6.83. The van der Waals surface area contributed by atoms with Crippen LogP contribution in [0.3, 0.4) is 0 Å². The Bertz CT molecular complexity index is 1720. The molecular formula is C33H34F2N4O7. The first-order valence-corrected chi connectivity index (χ1v) is 15.2. The number of nitro groups is 1. The molecule has 0 spiro atoms. The number of nitro benzene ring substituents is 1. The van der Waals surface area contributed by atoms with E-state index in [4.69, 9.17) is 9.47 Å². The van der Waals surface area contributed by atoms with E-state index < -0.39 is 57.7 Å². The lowest BCUT2D eigenvalue weighted by Gasteiger charge is -2.26. The van der Waals surface area contributed by atoms with Gasteiger partial charge >= 0.3 is 6.09 Å². The molecule has 1 saturated heterocycles. The van der Waals surface area contributed by atoms with Crippen LogP contribution >= 0.6 is 0 Å². The van der Waals surface area contributed by atoms with Gasteiger partial charge < -0.3 is 9.47 Å². The van der Waals surface area contributed by atoms with Crippen LogP contribution in [0.4, 0.5) is 25.0 Å². The summed E-state index contributed by atoms with van der Waals surface area (Å²) in [5.41, 5.74) is -0.479.